The topological polar surface area (TPSA) is 20.2 Å². The van der Waals surface area contributed by atoms with Crippen molar-refractivity contribution < 1.29 is 5.11 Å². The van der Waals surface area contributed by atoms with Gasteiger partial charge in [0.2, 0.25) is 0 Å². The zero-order valence-electron chi connectivity index (χ0n) is 8.99. The Morgan fingerprint density at radius 3 is 2.14 bits per heavy atom. The van der Waals surface area contributed by atoms with E-state index < -0.39 is 4.93 Å². The van der Waals surface area contributed by atoms with Crippen LogP contribution in [0.25, 0.3) is 0 Å². The molecule has 2 heteroatoms. The summed E-state index contributed by atoms with van der Waals surface area (Å²) in [5, 5.41) is 9.51. The standard InChI is InChI=1S/C12H18OS/c1-9(2)11-6-4-10(5-7-11)8-12(3,13)14/h4-7,9,13-14H,8H2,1-3H3. The average Bonchev–Trinajstić information content (AvgIpc) is 2.02. The third-order valence-electron chi connectivity index (χ3n) is 2.19. The second-order valence-corrected chi connectivity index (χ2v) is 5.25. The van der Waals surface area contributed by atoms with Crippen LogP contribution in [-0.2, 0) is 6.42 Å². The van der Waals surface area contributed by atoms with Crippen molar-refractivity contribution in [3.63, 3.8) is 0 Å². The van der Waals surface area contributed by atoms with Gasteiger partial charge >= 0.3 is 0 Å². The van der Waals surface area contributed by atoms with E-state index in [-0.39, 0.29) is 0 Å². The molecule has 0 amide bonds. The van der Waals surface area contributed by atoms with Crippen LogP contribution < -0.4 is 0 Å². The maximum absolute atomic E-state index is 9.51. The Labute approximate surface area is 91.6 Å². The SMILES string of the molecule is CC(C)c1ccc(CC(C)(O)S)cc1. The van der Waals surface area contributed by atoms with Gasteiger partial charge in [-0.25, -0.2) is 0 Å². The van der Waals surface area contributed by atoms with E-state index in [4.69, 9.17) is 0 Å². The third kappa shape index (κ3) is 3.72. The molecule has 0 aliphatic rings. The first-order chi connectivity index (χ1) is 6.38. The molecule has 1 rings (SSSR count). The van der Waals surface area contributed by atoms with Crippen molar-refractivity contribution in [3.8, 4) is 0 Å². The lowest BCUT2D eigenvalue weighted by Gasteiger charge is -2.16. The van der Waals surface area contributed by atoms with Gasteiger partial charge in [-0.1, -0.05) is 38.1 Å². The molecule has 1 aromatic carbocycles. The lowest BCUT2D eigenvalue weighted by Crippen LogP contribution is -2.18. The fourth-order valence-corrected chi connectivity index (χ4v) is 1.59. The highest BCUT2D eigenvalue weighted by molar-refractivity contribution is 7.81. The van der Waals surface area contributed by atoms with Gasteiger partial charge in [0.15, 0.2) is 0 Å². The van der Waals surface area contributed by atoms with Crippen LogP contribution >= 0.6 is 12.6 Å². The Morgan fingerprint density at radius 2 is 1.79 bits per heavy atom. The number of benzene rings is 1. The summed E-state index contributed by atoms with van der Waals surface area (Å²) in [6.45, 7) is 6.04. The molecule has 0 fully saturated rings. The molecule has 78 valence electrons. The fourth-order valence-electron chi connectivity index (χ4n) is 1.41. The zero-order valence-corrected chi connectivity index (χ0v) is 9.88. The number of aliphatic hydroxyl groups is 1. The van der Waals surface area contributed by atoms with E-state index in [0.29, 0.717) is 12.3 Å². The molecule has 14 heavy (non-hydrogen) atoms. The maximum Gasteiger partial charge on any atom is 0.108 e. The second kappa shape index (κ2) is 4.37. The van der Waals surface area contributed by atoms with E-state index in [0.717, 1.165) is 5.56 Å². The first-order valence-electron chi connectivity index (χ1n) is 4.92. The fraction of sp³-hybridized carbons (Fsp3) is 0.500. The summed E-state index contributed by atoms with van der Waals surface area (Å²) in [7, 11) is 0. The predicted octanol–water partition coefficient (Wildman–Crippen LogP) is 2.99. The van der Waals surface area contributed by atoms with Gasteiger partial charge in [-0.3, -0.25) is 0 Å². The Balaban J connectivity index is 2.74. The molecule has 0 spiro atoms. The van der Waals surface area contributed by atoms with Gasteiger partial charge < -0.3 is 5.11 Å². The maximum atomic E-state index is 9.51. The Bertz CT molecular complexity index is 282. The van der Waals surface area contributed by atoms with Crippen molar-refractivity contribution >= 4 is 12.6 Å². The summed E-state index contributed by atoms with van der Waals surface area (Å²) in [6.07, 6.45) is 0.578. The smallest absolute Gasteiger partial charge is 0.108 e. The van der Waals surface area contributed by atoms with Crippen molar-refractivity contribution in [1.29, 1.82) is 0 Å². The molecule has 1 unspecified atom stereocenters. The van der Waals surface area contributed by atoms with Crippen LogP contribution in [-0.4, -0.2) is 10.0 Å². The normalized spacial score (nSPS) is 15.6. The van der Waals surface area contributed by atoms with Gasteiger partial charge in [0.1, 0.15) is 4.93 Å². The van der Waals surface area contributed by atoms with E-state index >= 15 is 0 Å². The average molecular weight is 210 g/mol. The third-order valence-corrected chi connectivity index (χ3v) is 2.34. The molecular formula is C12H18OS. The Kier molecular flexibility index (Phi) is 3.62. The highest BCUT2D eigenvalue weighted by atomic mass is 32.1. The van der Waals surface area contributed by atoms with Crippen molar-refractivity contribution in [3.05, 3.63) is 35.4 Å². The zero-order chi connectivity index (χ0) is 10.8. The predicted molar refractivity (Wildman–Crippen MR) is 63.8 cm³/mol. The van der Waals surface area contributed by atoms with Gasteiger partial charge in [0, 0.05) is 6.42 Å². The molecule has 0 saturated carbocycles. The van der Waals surface area contributed by atoms with Gasteiger partial charge in [0.25, 0.3) is 0 Å². The lowest BCUT2D eigenvalue weighted by molar-refractivity contribution is 0.161. The monoisotopic (exact) mass is 210 g/mol. The van der Waals surface area contributed by atoms with E-state index in [1.54, 1.807) is 6.92 Å². The molecule has 1 atom stereocenters. The Hall–Kier alpha value is -0.470. The van der Waals surface area contributed by atoms with Crippen LogP contribution in [0, 0.1) is 0 Å². The molecule has 0 aliphatic heterocycles. The molecule has 0 saturated heterocycles. The van der Waals surface area contributed by atoms with E-state index in [1.807, 2.05) is 0 Å². The summed E-state index contributed by atoms with van der Waals surface area (Å²) in [4.78, 5) is -0.917. The summed E-state index contributed by atoms with van der Waals surface area (Å²) in [5.74, 6) is 0.556. The highest BCUT2D eigenvalue weighted by Gasteiger charge is 2.14. The molecular weight excluding hydrogens is 192 g/mol. The largest absolute Gasteiger partial charge is 0.380 e. The molecule has 0 radical (unpaired) electrons. The molecule has 0 aromatic heterocycles. The quantitative estimate of drug-likeness (QED) is 0.580. The molecule has 0 bridgehead atoms. The van der Waals surface area contributed by atoms with Gasteiger partial charge in [0.05, 0.1) is 0 Å². The summed E-state index contributed by atoms with van der Waals surface area (Å²) in [6, 6.07) is 8.33. The number of thiol groups is 1. The first-order valence-corrected chi connectivity index (χ1v) is 5.37. The van der Waals surface area contributed by atoms with Crippen molar-refractivity contribution in [1.82, 2.24) is 0 Å². The van der Waals surface area contributed by atoms with Crippen molar-refractivity contribution in [2.45, 2.75) is 38.0 Å². The van der Waals surface area contributed by atoms with Gasteiger partial charge in [-0.2, -0.15) is 0 Å². The van der Waals surface area contributed by atoms with E-state index in [1.165, 1.54) is 5.56 Å². The second-order valence-electron chi connectivity index (χ2n) is 4.29. The summed E-state index contributed by atoms with van der Waals surface area (Å²) in [5.41, 5.74) is 2.45. The molecule has 1 nitrogen and oxygen atoms in total. The number of hydrogen-bond acceptors (Lipinski definition) is 2. The molecule has 1 N–H and O–H groups in total. The van der Waals surface area contributed by atoms with Crippen LogP contribution in [0.1, 0.15) is 37.8 Å². The minimum absolute atomic E-state index is 0.556. The Morgan fingerprint density at radius 1 is 1.29 bits per heavy atom. The minimum Gasteiger partial charge on any atom is -0.380 e. The summed E-state index contributed by atoms with van der Waals surface area (Å²) < 4.78 is 0. The van der Waals surface area contributed by atoms with Crippen LogP contribution in [0.3, 0.4) is 0 Å². The van der Waals surface area contributed by atoms with Crippen LogP contribution in [0.5, 0.6) is 0 Å². The summed E-state index contributed by atoms with van der Waals surface area (Å²) >= 11 is 4.09. The van der Waals surface area contributed by atoms with E-state index in [2.05, 4.69) is 50.7 Å². The molecule has 0 aliphatic carbocycles. The number of hydrogen-bond donors (Lipinski definition) is 2. The van der Waals surface area contributed by atoms with Crippen molar-refractivity contribution in [2.24, 2.45) is 0 Å². The van der Waals surface area contributed by atoms with Gasteiger partial charge in [-0.05, 0) is 24.0 Å². The van der Waals surface area contributed by atoms with Crippen LogP contribution in [0.15, 0.2) is 24.3 Å². The van der Waals surface area contributed by atoms with E-state index in [9.17, 15) is 5.11 Å². The number of rotatable bonds is 3. The van der Waals surface area contributed by atoms with Crippen LogP contribution in [0.4, 0.5) is 0 Å². The van der Waals surface area contributed by atoms with Crippen molar-refractivity contribution in [2.75, 3.05) is 0 Å². The van der Waals surface area contributed by atoms with Crippen LogP contribution in [0.2, 0.25) is 0 Å². The first kappa shape index (κ1) is 11.6. The molecule has 1 aromatic rings. The highest BCUT2D eigenvalue weighted by Crippen LogP contribution is 2.19. The van der Waals surface area contributed by atoms with Gasteiger partial charge in [-0.15, -0.1) is 12.6 Å². The minimum atomic E-state index is -0.917. The molecule has 0 heterocycles. The lowest BCUT2D eigenvalue weighted by atomic mass is 10.00.